The maximum Gasteiger partial charge on any atom is 0.135 e. The first kappa shape index (κ1) is 13.1. The molecule has 1 aliphatic heterocycles. The standard InChI is InChI=1S/C44H27NO/c1-3-10-28(11-4-1)33-23-25-42-43-36(33)16-9-17-37(43)39-26-30(20-24-41(39)46-42)31-19-21-35-38-22-18-29-12-7-8-15-34(29)44(38)45(40(35)27-31)32-13-5-2-6-14-32/h1-27H/i1D,2D,3D,4D,5D,6D,7D,8D,10D,11D,12D,13D,14D,15D,18D,19D,21D,22D,27D. The normalized spacial score (nSPS) is 17.9. The Morgan fingerprint density at radius 1 is 0.500 bits per heavy atom. The molecule has 2 nitrogen and oxygen atoms in total. The van der Waals surface area contributed by atoms with E-state index in [4.69, 9.17) is 25.3 Å². The van der Waals surface area contributed by atoms with Crippen molar-refractivity contribution in [2.24, 2.45) is 0 Å². The van der Waals surface area contributed by atoms with Gasteiger partial charge >= 0.3 is 0 Å². The van der Waals surface area contributed by atoms with Gasteiger partial charge in [0.2, 0.25) is 0 Å². The van der Waals surface area contributed by atoms with Gasteiger partial charge in [-0.25, -0.2) is 0 Å². The molecule has 10 rings (SSSR count). The molecule has 0 saturated heterocycles. The van der Waals surface area contributed by atoms with Crippen LogP contribution in [-0.4, -0.2) is 4.57 Å². The molecule has 0 saturated carbocycles. The fraction of sp³-hybridized carbons (Fsp3) is 0. The molecular weight excluding hydrogens is 558 g/mol. The van der Waals surface area contributed by atoms with E-state index in [1.807, 2.05) is 0 Å². The van der Waals surface area contributed by atoms with E-state index in [0.29, 0.717) is 39.0 Å². The minimum absolute atomic E-state index is 0.0144. The van der Waals surface area contributed by atoms with Gasteiger partial charge in [0, 0.05) is 32.8 Å². The van der Waals surface area contributed by atoms with Crippen molar-refractivity contribution in [3.8, 4) is 50.6 Å². The van der Waals surface area contributed by atoms with Crippen molar-refractivity contribution in [3.05, 3.63) is 163 Å². The van der Waals surface area contributed by atoms with Crippen LogP contribution in [0.4, 0.5) is 0 Å². The topological polar surface area (TPSA) is 14.2 Å². The van der Waals surface area contributed by atoms with Gasteiger partial charge in [0.05, 0.1) is 37.1 Å². The Kier molecular flexibility index (Phi) is 2.76. The van der Waals surface area contributed by atoms with Crippen LogP contribution >= 0.6 is 0 Å². The number of hydrogen-bond acceptors (Lipinski definition) is 1. The van der Waals surface area contributed by atoms with Gasteiger partial charge in [-0.3, -0.25) is 0 Å². The maximum absolute atomic E-state index is 9.87. The number of aromatic nitrogens is 1. The van der Waals surface area contributed by atoms with Crippen molar-refractivity contribution in [2.45, 2.75) is 0 Å². The van der Waals surface area contributed by atoms with E-state index in [1.165, 1.54) is 0 Å². The van der Waals surface area contributed by atoms with E-state index in [1.54, 1.807) is 48.5 Å². The third-order valence-electron chi connectivity index (χ3n) is 8.22. The molecule has 1 aromatic heterocycles. The van der Waals surface area contributed by atoms with Gasteiger partial charge in [-0.05, 0) is 74.9 Å². The van der Waals surface area contributed by atoms with Gasteiger partial charge in [-0.15, -0.1) is 0 Å². The molecule has 0 N–H and O–H groups in total. The summed E-state index contributed by atoms with van der Waals surface area (Å²) in [7, 11) is 0. The predicted molar refractivity (Wildman–Crippen MR) is 192 cm³/mol. The van der Waals surface area contributed by atoms with Gasteiger partial charge < -0.3 is 9.30 Å². The Morgan fingerprint density at radius 2 is 1.28 bits per heavy atom. The molecule has 0 radical (unpaired) electrons. The molecule has 0 aliphatic carbocycles. The van der Waals surface area contributed by atoms with E-state index < -0.39 is 126 Å². The Labute approximate surface area is 293 Å². The van der Waals surface area contributed by atoms with Gasteiger partial charge in [0.1, 0.15) is 11.5 Å². The molecule has 9 aromatic rings. The second kappa shape index (κ2) is 9.69. The first-order valence-electron chi connectivity index (χ1n) is 23.7. The lowest BCUT2D eigenvalue weighted by molar-refractivity contribution is 0.487. The molecule has 46 heavy (non-hydrogen) atoms. The monoisotopic (exact) mass is 604 g/mol. The predicted octanol–water partition coefficient (Wildman–Crippen LogP) is 12.2. The minimum atomic E-state index is -0.778. The van der Waals surface area contributed by atoms with Crippen molar-refractivity contribution in [3.63, 3.8) is 0 Å². The molecule has 0 unspecified atom stereocenters. The van der Waals surface area contributed by atoms with Crippen LogP contribution in [0.25, 0.3) is 82.4 Å². The highest BCUT2D eigenvalue weighted by Gasteiger charge is 2.23. The Hall–Kier alpha value is -6.12. The van der Waals surface area contributed by atoms with Crippen molar-refractivity contribution < 1.29 is 30.8 Å². The minimum Gasteiger partial charge on any atom is -0.456 e. The van der Waals surface area contributed by atoms with Crippen LogP contribution in [0.15, 0.2) is 163 Å². The molecule has 0 atom stereocenters. The number of ether oxygens (including phenoxy) is 1. The molecule has 0 fully saturated rings. The van der Waals surface area contributed by atoms with Gasteiger partial charge in [-0.1, -0.05) is 127 Å². The Bertz CT molecular complexity index is 3690. The Morgan fingerprint density at radius 3 is 2.17 bits per heavy atom. The summed E-state index contributed by atoms with van der Waals surface area (Å²) in [4.78, 5) is 0. The summed E-state index contributed by atoms with van der Waals surface area (Å²) in [6.07, 6.45) is 0. The lowest BCUT2D eigenvalue weighted by Crippen LogP contribution is -1.98. The summed E-state index contributed by atoms with van der Waals surface area (Å²) < 4.78 is 175. The fourth-order valence-corrected chi connectivity index (χ4v) is 6.27. The summed E-state index contributed by atoms with van der Waals surface area (Å²) in [5.41, 5.74) is 0.173. The second-order valence-corrected chi connectivity index (χ2v) is 10.7. The molecular formula is C44H27NO. The largest absolute Gasteiger partial charge is 0.456 e. The van der Waals surface area contributed by atoms with Crippen LogP contribution in [-0.2, 0) is 0 Å². The number of hydrogen-bond donors (Lipinski definition) is 0. The van der Waals surface area contributed by atoms with Crippen molar-refractivity contribution >= 4 is 43.4 Å². The fourth-order valence-electron chi connectivity index (χ4n) is 6.27. The Balaban J connectivity index is 1.32. The highest BCUT2D eigenvalue weighted by molar-refractivity contribution is 6.19. The van der Waals surface area contributed by atoms with E-state index in [0.717, 1.165) is 4.57 Å². The lowest BCUT2D eigenvalue weighted by Gasteiger charge is -2.23. The zero-order chi connectivity index (χ0) is 46.7. The van der Waals surface area contributed by atoms with Crippen LogP contribution in [0.5, 0.6) is 11.5 Å². The molecule has 0 amide bonds. The molecule has 214 valence electrons. The molecule has 0 bridgehead atoms. The first-order valence-corrected chi connectivity index (χ1v) is 14.2. The number of benzene rings is 8. The van der Waals surface area contributed by atoms with E-state index in [9.17, 15) is 5.48 Å². The van der Waals surface area contributed by atoms with Crippen molar-refractivity contribution in [1.82, 2.24) is 4.57 Å². The van der Waals surface area contributed by atoms with E-state index in [2.05, 4.69) is 0 Å². The summed E-state index contributed by atoms with van der Waals surface area (Å²) in [6.45, 7) is 0. The summed E-state index contributed by atoms with van der Waals surface area (Å²) >= 11 is 0. The third kappa shape index (κ3) is 3.65. The van der Waals surface area contributed by atoms with Crippen LogP contribution in [0.3, 0.4) is 0 Å². The van der Waals surface area contributed by atoms with Gasteiger partial charge in [0.25, 0.3) is 0 Å². The van der Waals surface area contributed by atoms with Gasteiger partial charge in [0.15, 0.2) is 0 Å². The summed E-state index contributed by atoms with van der Waals surface area (Å²) in [6, 6.07) is 1.34. The zero-order valence-corrected chi connectivity index (χ0v) is 23.5. The van der Waals surface area contributed by atoms with Crippen molar-refractivity contribution in [1.29, 1.82) is 0 Å². The van der Waals surface area contributed by atoms with E-state index >= 15 is 0 Å². The molecule has 2 heterocycles. The summed E-state index contributed by atoms with van der Waals surface area (Å²) in [5, 5.41) is -0.332. The summed E-state index contributed by atoms with van der Waals surface area (Å²) in [5.74, 6) is 0.753. The first-order chi connectivity index (χ1) is 30.7. The maximum atomic E-state index is 9.87. The smallest absolute Gasteiger partial charge is 0.135 e. The van der Waals surface area contributed by atoms with E-state index in [-0.39, 0.29) is 43.9 Å². The number of fused-ring (bicyclic) bond motifs is 7. The van der Waals surface area contributed by atoms with Crippen LogP contribution in [0.1, 0.15) is 26.0 Å². The van der Waals surface area contributed by atoms with Crippen molar-refractivity contribution in [2.75, 3.05) is 0 Å². The molecule has 8 aromatic carbocycles. The lowest BCUT2D eigenvalue weighted by atomic mass is 9.89. The number of para-hydroxylation sites is 1. The average molecular weight is 605 g/mol. The average Bonchev–Trinajstić information content (AvgIpc) is 3.64. The molecule has 1 aliphatic rings. The highest BCUT2D eigenvalue weighted by Crippen LogP contribution is 2.49. The van der Waals surface area contributed by atoms with Crippen LogP contribution in [0, 0.1) is 0 Å². The molecule has 0 spiro atoms. The zero-order valence-electron chi connectivity index (χ0n) is 42.5. The van der Waals surface area contributed by atoms with Gasteiger partial charge in [-0.2, -0.15) is 0 Å². The number of rotatable bonds is 3. The van der Waals surface area contributed by atoms with Crippen LogP contribution < -0.4 is 4.74 Å². The quantitative estimate of drug-likeness (QED) is 0.196. The molecule has 2 heteroatoms. The van der Waals surface area contributed by atoms with Crippen LogP contribution in [0.2, 0.25) is 0 Å². The third-order valence-corrected chi connectivity index (χ3v) is 8.22. The second-order valence-electron chi connectivity index (χ2n) is 10.7. The highest BCUT2D eigenvalue weighted by atomic mass is 16.5. The number of nitrogens with zero attached hydrogens (tertiary/aromatic N) is 1. The SMILES string of the molecule is [2H]c1c([2H])c([2H])c(-c2ccc3c4c(cccc24)-c2cc(-c4c([2H])c([2H])c5c6c([2H])c([2H])c7c([2H])c([2H])c([2H])c([2H])c7c6n(-c6c([2H])c([2H])c([2H])c([2H])c6[2H])c5c4[2H])ccc2O3)c([2H])c1[2H].